The highest BCUT2D eigenvalue weighted by Crippen LogP contribution is 2.04. The lowest BCUT2D eigenvalue weighted by Crippen LogP contribution is -2.35. The van der Waals surface area contributed by atoms with Crippen molar-refractivity contribution < 1.29 is 10.0 Å². The van der Waals surface area contributed by atoms with Crippen LogP contribution in [0.1, 0.15) is 5.56 Å². The summed E-state index contributed by atoms with van der Waals surface area (Å²) < 4.78 is 1.29. The van der Waals surface area contributed by atoms with Crippen LogP contribution in [0.4, 0.5) is 5.69 Å². The maximum atomic E-state index is 12.0. The average molecular weight is 273 g/mol. The van der Waals surface area contributed by atoms with E-state index in [1.165, 1.54) is 10.7 Å². The maximum Gasteiger partial charge on any atom is 0.488 e. The first-order chi connectivity index (χ1) is 9.49. The third-order valence-corrected chi connectivity index (χ3v) is 3.02. The van der Waals surface area contributed by atoms with Crippen LogP contribution in [-0.2, 0) is 6.54 Å². The Morgan fingerprint density at radius 2 is 2.00 bits per heavy atom. The topological polar surface area (TPSA) is 78.6 Å². The quantitative estimate of drug-likeness (QED) is 0.701. The first-order valence-electron chi connectivity index (χ1n) is 6.17. The van der Waals surface area contributed by atoms with Crippen LogP contribution in [0.15, 0.2) is 41.3 Å². The normalized spacial score (nSPS) is 10.4. The molecule has 0 radical (unpaired) electrons. The first kappa shape index (κ1) is 14.3. The van der Waals surface area contributed by atoms with E-state index in [0.29, 0.717) is 11.0 Å². The minimum absolute atomic E-state index is 0.195. The lowest BCUT2D eigenvalue weighted by molar-refractivity contribution is 0.425. The summed E-state index contributed by atoms with van der Waals surface area (Å²) in [5, 5.41) is 22.7. The van der Waals surface area contributed by atoms with Crippen LogP contribution in [0.5, 0.6) is 0 Å². The molecule has 20 heavy (non-hydrogen) atoms. The number of hydrogen-bond acceptors (Lipinski definition) is 5. The highest BCUT2D eigenvalue weighted by molar-refractivity contribution is 6.59. The Morgan fingerprint density at radius 3 is 2.60 bits per heavy atom. The third-order valence-electron chi connectivity index (χ3n) is 3.02. The molecule has 0 saturated carbocycles. The van der Waals surface area contributed by atoms with Crippen molar-refractivity contribution in [2.75, 3.05) is 19.0 Å². The Hall–Kier alpha value is -2.12. The van der Waals surface area contributed by atoms with E-state index < -0.39 is 7.12 Å². The molecule has 0 amide bonds. The second-order valence-electron chi connectivity index (χ2n) is 4.68. The van der Waals surface area contributed by atoms with E-state index in [4.69, 9.17) is 0 Å². The maximum absolute atomic E-state index is 12.0. The van der Waals surface area contributed by atoms with Gasteiger partial charge in [-0.3, -0.25) is 4.79 Å². The molecule has 0 spiro atoms. The van der Waals surface area contributed by atoms with Crippen molar-refractivity contribution in [3.8, 4) is 0 Å². The summed E-state index contributed by atoms with van der Waals surface area (Å²) in [4.78, 5) is 13.8. The number of benzene rings is 1. The average Bonchev–Trinajstić information content (AvgIpc) is 2.41. The number of hydrogen-bond donors (Lipinski definition) is 2. The van der Waals surface area contributed by atoms with Crippen LogP contribution in [0.25, 0.3) is 0 Å². The standard InChI is InChI=1S/C13H16BN3O3/c1-16(2)11-7-13(18)17(15-8-11)9-10-5-3-4-6-12(10)14(19)20/h3-8,19-20H,9H2,1-2H3. The largest absolute Gasteiger partial charge is 0.488 e. The van der Waals surface area contributed by atoms with Gasteiger partial charge >= 0.3 is 7.12 Å². The molecule has 7 heteroatoms. The van der Waals surface area contributed by atoms with Gasteiger partial charge in [0.2, 0.25) is 0 Å². The van der Waals surface area contributed by atoms with Crippen LogP contribution >= 0.6 is 0 Å². The molecular formula is C13H16BN3O3. The van der Waals surface area contributed by atoms with Gasteiger partial charge in [-0.25, -0.2) is 4.68 Å². The van der Waals surface area contributed by atoms with Crippen molar-refractivity contribution in [2.24, 2.45) is 0 Å². The van der Waals surface area contributed by atoms with E-state index in [0.717, 1.165) is 5.69 Å². The molecule has 1 aromatic heterocycles. The second kappa shape index (κ2) is 5.89. The fourth-order valence-electron chi connectivity index (χ4n) is 1.88. The van der Waals surface area contributed by atoms with E-state index in [1.807, 2.05) is 14.1 Å². The Morgan fingerprint density at radius 1 is 1.30 bits per heavy atom. The molecule has 1 heterocycles. The van der Waals surface area contributed by atoms with E-state index >= 15 is 0 Å². The molecule has 2 N–H and O–H groups in total. The summed E-state index contributed by atoms with van der Waals surface area (Å²) in [6.07, 6.45) is 1.60. The highest BCUT2D eigenvalue weighted by atomic mass is 16.4. The Bertz CT molecular complexity index is 655. The van der Waals surface area contributed by atoms with Gasteiger partial charge in [0.15, 0.2) is 0 Å². The molecule has 0 unspecified atom stereocenters. The first-order valence-corrected chi connectivity index (χ1v) is 6.17. The predicted octanol–water partition coefficient (Wildman–Crippen LogP) is -0.963. The number of rotatable bonds is 4. The summed E-state index contributed by atoms with van der Waals surface area (Å²) in [6, 6.07) is 8.33. The fraction of sp³-hybridized carbons (Fsp3) is 0.231. The lowest BCUT2D eigenvalue weighted by Gasteiger charge is -2.13. The summed E-state index contributed by atoms with van der Waals surface area (Å²) in [7, 11) is 2.10. The van der Waals surface area contributed by atoms with Crippen molar-refractivity contribution >= 4 is 18.3 Å². The van der Waals surface area contributed by atoms with Gasteiger partial charge < -0.3 is 14.9 Å². The van der Waals surface area contributed by atoms with Crippen LogP contribution in [-0.4, -0.2) is 41.0 Å². The van der Waals surface area contributed by atoms with Crippen LogP contribution in [0.2, 0.25) is 0 Å². The Labute approximate surface area is 117 Å². The van der Waals surface area contributed by atoms with Gasteiger partial charge in [0.25, 0.3) is 5.56 Å². The number of nitrogens with zero attached hydrogens (tertiary/aromatic N) is 3. The smallest absolute Gasteiger partial charge is 0.423 e. The third kappa shape index (κ3) is 3.07. The molecule has 2 rings (SSSR count). The lowest BCUT2D eigenvalue weighted by atomic mass is 9.77. The molecule has 0 aliphatic rings. The molecule has 0 aliphatic carbocycles. The van der Waals surface area contributed by atoms with Crippen molar-refractivity contribution in [2.45, 2.75) is 6.54 Å². The SMILES string of the molecule is CN(C)c1cnn(Cc2ccccc2B(O)O)c(=O)c1. The molecule has 0 saturated heterocycles. The molecule has 104 valence electrons. The molecule has 0 bridgehead atoms. The highest BCUT2D eigenvalue weighted by Gasteiger charge is 2.15. The Balaban J connectivity index is 2.34. The molecular weight excluding hydrogens is 257 g/mol. The molecule has 1 aromatic carbocycles. The minimum atomic E-state index is -1.57. The van der Waals surface area contributed by atoms with Crippen molar-refractivity contribution in [3.63, 3.8) is 0 Å². The monoisotopic (exact) mass is 273 g/mol. The van der Waals surface area contributed by atoms with Gasteiger partial charge in [-0.2, -0.15) is 5.10 Å². The summed E-state index contributed by atoms with van der Waals surface area (Å²) in [5.74, 6) is 0. The molecule has 0 aliphatic heterocycles. The molecule has 0 fully saturated rings. The summed E-state index contributed by atoms with van der Waals surface area (Å²) in [6.45, 7) is 0.195. The fourth-order valence-corrected chi connectivity index (χ4v) is 1.88. The Kier molecular flexibility index (Phi) is 4.21. The predicted molar refractivity (Wildman–Crippen MR) is 78.2 cm³/mol. The van der Waals surface area contributed by atoms with E-state index in [2.05, 4.69) is 5.10 Å². The molecule has 2 aromatic rings. The van der Waals surface area contributed by atoms with Crippen molar-refractivity contribution in [1.82, 2.24) is 9.78 Å². The van der Waals surface area contributed by atoms with Crippen LogP contribution < -0.4 is 15.9 Å². The minimum Gasteiger partial charge on any atom is -0.423 e. The van der Waals surface area contributed by atoms with Crippen molar-refractivity contribution in [3.05, 3.63) is 52.4 Å². The number of aromatic nitrogens is 2. The van der Waals surface area contributed by atoms with E-state index in [-0.39, 0.29) is 12.1 Å². The van der Waals surface area contributed by atoms with Gasteiger partial charge in [-0.05, 0) is 11.0 Å². The number of anilines is 1. The van der Waals surface area contributed by atoms with Crippen molar-refractivity contribution in [1.29, 1.82) is 0 Å². The van der Waals surface area contributed by atoms with Gasteiger partial charge in [0, 0.05) is 20.2 Å². The van der Waals surface area contributed by atoms with Gasteiger partial charge in [-0.1, -0.05) is 24.3 Å². The van der Waals surface area contributed by atoms with Gasteiger partial charge in [0.05, 0.1) is 18.4 Å². The van der Waals surface area contributed by atoms with E-state index in [9.17, 15) is 14.8 Å². The molecule has 6 nitrogen and oxygen atoms in total. The summed E-state index contributed by atoms with van der Waals surface area (Å²) >= 11 is 0. The van der Waals surface area contributed by atoms with Gasteiger partial charge in [-0.15, -0.1) is 0 Å². The van der Waals surface area contributed by atoms with Crippen LogP contribution in [0, 0.1) is 0 Å². The second-order valence-corrected chi connectivity index (χ2v) is 4.68. The zero-order valence-electron chi connectivity index (χ0n) is 11.4. The van der Waals surface area contributed by atoms with E-state index in [1.54, 1.807) is 35.4 Å². The zero-order chi connectivity index (χ0) is 14.7. The van der Waals surface area contributed by atoms with Gasteiger partial charge in [0.1, 0.15) is 0 Å². The summed E-state index contributed by atoms with van der Waals surface area (Å²) in [5.41, 5.74) is 1.51. The van der Waals surface area contributed by atoms with Crippen LogP contribution in [0.3, 0.4) is 0 Å². The molecule has 0 atom stereocenters. The zero-order valence-corrected chi connectivity index (χ0v) is 11.4.